The van der Waals surface area contributed by atoms with Crippen molar-refractivity contribution in [2.75, 3.05) is 64.4 Å². The van der Waals surface area contributed by atoms with Crippen LogP contribution >= 0.6 is 0 Å². The molecule has 0 spiro atoms. The maximum absolute atomic E-state index is 12.1. The van der Waals surface area contributed by atoms with Crippen molar-refractivity contribution >= 4 is 23.5 Å². The van der Waals surface area contributed by atoms with E-state index in [2.05, 4.69) is 128 Å². The predicted octanol–water partition coefficient (Wildman–Crippen LogP) is 29.3. The van der Waals surface area contributed by atoms with Crippen molar-refractivity contribution in [2.24, 2.45) is 5.92 Å². The van der Waals surface area contributed by atoms with Gasteiger partial charge in [0.2, 0.25) is 5.91 Å². The molecule has 5 unspecified atom stereocenters. The van der Waals surface area contributed by atoms with Crippen LogP contribution < -0.4 is 24.6 Å². The number of carbonyl (C=O) groups excluding carboxylic acids is 3. The summed E-state index contributed by atoms with van der Waals surface area (Å²) in [6.45, 7) is 51.3. The molecule has 0 radical (unpaired) electrons. The van der Waals surface area contributed by atoms with Gasteiger partial charge in [0.15, 0.2) is 0 Å². The van der Waals surface area contributed by atoms with Crippen LogP contribution in [0.15, 0.2) is 224 Å². The summed E-state index contributed by atoms with van der Waals surface area (Å²) in [5, 5.41) is 68.9. The number of anilines is 1. The highest BCUT2D eigenvalue weighted by Gasteiger charge is 2.32. The number of aryl methyl sites for hydroxylation is 8. The van der Waals surface area contributed by atoms with Crippen LogP contribution in [0.5, 0.6) is 57.5 Å². The molecule has 4 heterocycles. The Bertz CT molecular complexity index is 4720. The fourth-order valence-corrected chi connectivity index (χ4v) is 14.4. The van der Waals surface area contributed by atoms with E-state index in [-0.39, 0.29) is 71.1 Å². The Morgan fingerprint density at radius 1 is 0.401 bits per heavy atom. The van der Waals surface area contributed by atoms with Crippen LogP contribution in [-0.2, 0) is 54.3 Å². The zero-order valence-corrected chi connectivity index (χ0v) is 89.1. The van der Waals surface area contributed by atoms with Crippen LogP contribution in [0.2, 0.25) is 0 Å². The number of esters is 2. The van der Waals surface area contributed by atoms with E-state index in [0.717, 1.165) is 101 Å². The highest BCUT2D eigenvalue weighted by Crippen LogP contribution is 2.44. The van der Waals surface area contributed by atoms with Gasteiger partial charge >= 0.3 is 11.9 Å². The molecule has 0 aromatic heterocycles. The Hall–Kier alpha value is -11.7. The number of rotatable bonds is 36. The lowest BCUT2D eigenvalue weighted by atomic mass is 9.74. The van der Waals surface area contributed by atoms with Gasteiger partial charge in [-0.15, -0.1) is 0 Å². The first kappa shape index (κ1) is 124. The summed E-state index contributed by atoms with van der Waals surface area (Å²) in [4.78, 5) is 35.3. The number of hydrogen-bond donors (Lipinski definition) is 8. The van der Waals surface area contributed by atoms with Crippen LogP contribution in [-0.4, -0.2) is 131 Å². The van der Waals surface area contributed by atoms with Gasteiger partial charge in [0.25, 0.3) is 0 Å². The van der Waals surface area contributed by atoms with Crippen molar-refractivity contribution in [3.05, 3.63) is 291 Å². The van der Waals surface area contributed by atoms with Gasteiger partial charge in [-0.2, -0.15) is 0 Å². The van der Waals surface area contributed by atoms with E-state index in [9.17, 15) is 24.6 Å². The molecule has 20 heteroatoms. The Balaban J connectivity index is 0.000000426. The molecule has 0 bridgehead atoms. The minimum Gasteiger partial charge on any atom is -0.508 e. The average molecular weight is 1960 g/mol. The maximum Gasteiger partial charge on any atom is 0.305 e. The molecule has 142 heavy (non-hydrogen) atoms. The molecule has 4 fully saturated rings. The van der Waals surface area contributed by atoms with Crippen LogP contribution in [0.3, 0.4) is 0 Å². The fourth-order valence-electron chi connectivity index (χ4n) is 14.4. The molecule has 10 aromatic rings. The molecule has 8 N–H and O–H groups in total. The zero-order valence-electron chi connectivity index (χ0n) is 89.1. The molecular weight excluding hydrogens is 1780 g/mol. The fraction of sp³-hybridized carbons (Fsp3) is 0.484. The topological polar surface area (TPSA) is 292 Å². The average Bonchev–Trinajstić information content (AvgIpc) is 1.42. The van der Waals surface area contributed by atoms with E-state index in [1.54, 1.807) is 76.2 Å². The summed E-state index contributed by atoms with van der Waals surface area (Å²) < 4.78 is 42.4. The Labute approximate surface area is 853 Å². The van der Waals surface area contributed by atoms with Gasteiger partial charge in [-0.25, -0.2) is 0 Å². The number of unbranched alkanes of at least 4 members (excludes halogenated alkanes) is 7. The lowest BCUT2D eigenvalue weighted by molar-refractivity contribution is -0.144. The second-order valence-corrected chi connectivity index (χ2v) is 38.7. The number of aromatic hydroxyl groups is 7. The van der Waals surface area contributed by atoms with Crippen molar-refractivity contribution in [1.29, 1.82) is 0 Å². The lowest BCUT2D eigenvalue weighted by Gasteiger charge is -2.30. The predicted molar refractivity (Wildman–Crippen MR) is 582 cm³/mol. The van der Waals surface area contributed by atoms with Gasteiger partial charge in [-0.3, -0.25) is 24.8 Å². The standard InChI is InChI=1S/C32H54O6.C19H24.C10H12N2O.3C10H12O2.2C8H10O2.C7H8O.C4H10.C3H8.CH4/c1-7-9-11-13-21-37-29(35)17-15-19-31(3,4)25-23-28(34)26(24-27(25)33)32(5,6)20-16-18-30(36)38-22-14-12-10-8-2;1-4-16(17-11-7-5-8-12-17)15-19(2,3)18-13-9-6-10-14-18;1-8-7-12(11-10(8)13)9-5-3-2-4-6-9;3*1-8-4-2-3-5-10(8)12-7-9-6-11-9;2*1-5-3-8(10)6(2)4-7(5)9;1-6-2-4-7(8)5-3-6;1-3-4-2;1-3-2;/h23-24,33-34H,7-22H2,1-6H3;5-14,16H,4,15H2,1-3H3;2-6,8H,7H2,1H3,(H,11,13);3*2-5,9H,6-7H2,1H3;2*3-4,9-10H,1-2H3;2-5,8H,1H3;3-4H2,1-2H3;3H2,1-2H3;1H4. The first-order chi connectivity index (χ1) is 67.3. The largest absolute Gasteiger partial charge is 0.508 e. The van der Waals surface area contributed by atoms with Crippen molar-refractivity contribution in [1.82, 2.24) is 5.43 Å². The van der Waals surface area contributed by atoms with Gasteiger partial charge in [0.1, 0.15) is 95.6 Å². The first-order valence-corrected chi connectivity index (χ1v) is 51.0. The molecule has 10 aromatic carbocycles. The normalized spacial score (nSPS) is 14.4. The van der Waals surface area contributed by atoms with E-state index in [1.165, 1.54) is 65.5 Å². The number of phenolic OH excluding ortho intramolecular Hbond substituents is 7. The number of epoxide rings is 3. The summed E-state index contributed by atoms with van der Waals surface area (Å²) in [5.41, 5.74) is 14.9. The van der Waals surface area contributed by atoms with Gasteiger partial charge in [-0.1, -0.05) is 313 Å². The van der Waals surface area contributed by atoms with Crippen molar-refractivity contribution in [3.63, 3.8) is 0 Å². The molecular formula is C122H176N2O18. The van der Waals surface area contributed by atoms with E-state index in [0.29, 0.717) is 135 Å². The molecule has 20 nitrogen and oxygen atoms in total. The van der Waals surface area contributed by atoms with Gasteiger partial charge in [0.05, 0.1) is 51.2 Å². The number of hydrazine groups is 1. The third-order valence-corrected chi connectivity index (χ3v) is 24.1. The van der Waals surface area contributed by atoms with Crippen molar-refractivity contribution in [3.8, 4) is 57.5 Å². The SMILES string of the molecule is C.CC1CN(c2ccccc2)NC1=O.CCC.CCC(CC(C)(C)c1ccccc1)c1ccccc1.CCCC.CCCCCCOC(=O)CCCC(C)(C)c1cc(O)c(C(C)(C)CCCC(=O)OCCCCCC)cc1O.Cc1cc(O)c(C)cc1O.Cc1cc(O)c(C)cc1O.Cc1ccc(O)cc1.Cc1ccccc1OCC1CO1.Cc1ccccc1OCC1CO1.Cc1ccccc1OCC1CO1. The summed E-state index contributed by atoms with van der Waals surface area (Å²) in [6, 6.07) is 72.3. The number of benzene rings is 10. The first-order valence-electron chi connectivity index (χ1n) is 51.0. The Morgan fingerprint density at radius 2 is 0.732 bits per heavy atom. The van der Waals surface area contributed by atoms with E-state index in [4.69, 9.17) is 63.4 Å². The molecule has 782 valence electrons. The molecule has 4 aliphatic rings. The number of phenols is 7. The van der Waals surface area contributed by atoms with E-state index in [1.807, 2.05) is 183 Å². The molecule has 0 saturated carbocycles. The summed E-state index contributed by atoms with van der Waals surface area (Å²) in [7, 11) is 0. The van der Waals surface area contributed by atoms with Crippen LogP contribution in [0, 0.1) is 61.3 Å². The van der Waals surface area contributed by atoms with Gasteiger partial charge in [0, 0.05) is 24.0 Å². The zero-order chi connectivity index (χ0) is 104. The lowest BCUT2D eigenvalue weighted by Crippen LogP contribution is -2.32. The van der Waals surface area contributed by atoms with Crippen molar-refractivity contribution in [2.45, 2.75) is 322 Å². The minimum absolute atomic E-state index is 0. The molecule has 14 rings (SSSR count). The quantitative estimate of drug-likeness (QED) is 0.00783. The smallest absolute Gasteiger partial charge is 0.305 e. The third-order valence-electron chi connectivity index (χ3n) is 24.1. The molecule has 1 amide bonds. The maximum atomic E-state index is 12.1. The number of carbonyl (C=O) groups is 3. The highest BCUT2D eigenvalue weighted by molar-refractivity contribution is 5.83. The van der Waals surface area contributed by atoms with Crippen LogP contribution in [0.4, 0.5) is 5.69 Å². The van der Waals surface area contributed by atoms with Gasteiger partial charge < -0.3 is 73.6 Å². The van der Waals surface area contributed by atoms with Crippen LogP contribution in [0.1, 0.15) is 299 Å². The monoisotopic (exact) mass is 1960 g/mol. The molecule has 4 aliphatic heterocycles. The molecule has 0 aliphatic carbocycles. The number of ether oxygens (including phenoxy) is 8. The number of nitrogens with one attached hydrogen (secondary N) is 1. The van der Waals surface area contributed by atoms with E-state index >= 15 is 0 Å². The van der Waals surface area contributed by atoms with E-state index < -0.39 is 10.8 Å². The summed E-state index contributed by atoms with van der Waals surface area (Å²) in [6.07, 6.45) is 19.2. The summed E-state index contributed by atoms with van der Waals surface area (Å²) >= 11 is 0. The number of amides is 1. The second-order valence-electron chi connectivity index (χ2n) is 38.7. The second kappa shape index (κ2) is 68.5. The third kappa shape index (κ3) is 51.3. The Morgan fingerprint density at radius 3 is 1.04 bits per heavy atom. The number of nitrogens with zero attached hydrogens (tertiary/aromatic N) is 1. The minimum atomic E-state index is -0.424. The number of hydrogen-bond acceptors (Lipinski definition) is 19. The van der Waals surface area contributed by atoms with Crippen molar-refractivity contribution < 1.29 is 88.0 Å². The molecule has 5 atom stereocenters. The highest BCUT2D eigenvalue weighted by atomic mass is 16.6. The number of para-hydroxylation sites is 4. The van der Waals surface area contributed by atoms with Crippen LogP contribution in [0.25, 0.3) is 0 Å². The summed E-state index contributed by atoms with van der Waals surface area (Å²) in [5.74, 6) is 4.90. The Kier molecular flexibility index (Phi) is 60.0. The van der Waals surface area contributed by atoms with Gasteiger partial charge in [-0.05, 0) is 258 Å². The molecule has 4 saturated heterocycles.